The van der Waals surface area contributed by atoms with Gasteiger partial charge in [0.2, 0.25) is 5.91 Å². The van der Waals surface area contributed by atoms with Gasteiger partial charge in [-0.05, 0) is 65.9 Å². The molecular weight excluding hydrogens is 504 g/mol. The standard InChI is InChI=1S/C28H26Cl2FNO4/c1-28(14-19-2-7-22(29)8-3-19)15-21-12-18(4-10-25(21)36-28)5-11-26(33)32(17-27(34)35)16-20-6-9-23(31)13-24(20)30/h2-4,6-10,12-13H,5,11,14-17H2,1H3,(H,34,35)/t28-/m0/s1. The van der Waals surface area contributed by atoms with Crippen LogP contribution in [0, 0.1) is 5.82 Å². The van der Waals surface area contributed by atoms with Crippen molar-refractivity contribution in [3.63, 3.8) is 0 Å². The minimum atomic E-state index is -1.13. The number of hydrogen-bond donors (Lipinski definition) is 1. The molecule has 5 nitrogen and oxygen atoms in total. The number of halogens is 3. The van der Waals surface area contributed by atoms with Gasteiger partial charge >= 0.3 is 5.97 Å². The van der Waals surface area contributed by atoms with Gasteiger partial charge in [-0.3, -0.25) is 9.59 Å². The van der Waals surface area contributed by atoms with Crippen molar-refractivity contribution in [3.05, 3.63) is 98.8 Å². The molecule has 1 amide bonds. The number of ether oxygens (including phenoxy) is 1. The minimum absolute atomic E-state index is 0.00860. The van der Waals surface area contributed by atoms with E-state index in [9.17, 15) is 19.1 Å². The summed E-state index contributed by atoms with van der Waals surface area (Å²) in [5.74, 6) is -1.11. The molecule has 8 heteroatoms. The molecule has 4 rings (SSSR count). The highest BCUT2D eigenvalue weighted by Crippen LogP contribution is 2.37. The Kier molecular flexibility index (Phi) is 7.86. The lowest BCUT2D eigenvalue weighted by atomic mass is 9.91. The van der Waals surface area contributed by atoms with Gasteiger partial charge in [-0.1, -0.05) is 53.5 Å². The Hall–Kier alpha value is -3.09. The Labute approximate surface area is 219 Å². The SMILES string of the molecule is C[C@]1(Cc2ccc(Cl)cc2)Cc2cc(CCC(=O)N(CC(=O)O)Cc3ccc(F)cc3Cl)ccc2O1. The molecule has 1 atom stereocenters. The zero-order valence-electron chi connectivity index (χ0n) is 19.8. The van der Waals surface area contributed by atoms with Gasteiger partial charge in [-0.2, -0.15) is 0 Å². The molecule has 1 aliphatic rings. The third-order valence-electron chi connectivity index (χ3n) is 6.22. The molecule has 0 aromatic heterocycles. The van der Waals surface area contributed by atoms with Crippen molar-refractivity contribution < 1.29 is 23.8 Å². The van der Waals surface area contributed by atoms with Crippen molar-refractivity contribution in [1.29, 1.82) is 0 Å². The Balaban J connectivity index is 1.39. The van der Waals surface area contributed by atoms with E-state index < -0.39 is 18.3 Å². The van der Waals surface area contributed by atoms with Gasteiger partial charge in [-0.15, -0.1) is 0 Å². The number of aliphatic carboxylic acids is 1. The van der Waals surface area contributed by atoms with Crippen molar-refractivity contribution in [3.8, 4) is 5.75 Å². The number of carboxylic acid groups (broad SMARTS) is 1. The molecule has 0 saturated carbocycles. The van der Waals surface area contributed by atoms with Crippen molar-refractivity contribution >= 4 is 35.1 Å². The maximum atomic E-state index is 13.4. The van der Waals surface area contributed by atoms with Crippen LogP contribution in [0.4, 0.5) is 4.39 Å². The van der Waals surface area contributed by atoms with Gasteiger partial charge in [0.25, 0.3) is 0 Å². The first-order valence-corrected chi connectivity index (χ1v) is 12.3. The number of aryl methyl sites for hydroxylation is 1. The summed E-state index contributed by atoms with van der Waals surface area (Å²) in [5, 5.41) is 10.1. The van der Waals surface area contributed by atoms with Gasteiger partial charge in [0.15, 0.2) is 0 Å². The summed E-state index contributed by atoms with van der Waals surface area (Å²) in [6, 6.07) is 17.5. The number of benzene rings is 3. The van der Waals surface area contributed by atoms with Gasteiger partial charge < -0.3 is 14.7 Å². The van der Waals surface area contributed by atoms with Crippen molar-refractivity contribution in [1.82, 2.24) is 4.90 Å². The van der Waals surface area contributed by atoms with Crippen LogP contribution >= 0.6 is 23.2 Å². The molecule has 36 heavy (non-hydrogen) atoms. The Bertz CT molecular complexity index is 1280. The highest BCUT2D eigenvalue weighted by Gasteiger charge is 2.35. The molecular formula is C28H26Cl2FNO4. The van der Waals surface area contributed by atoms with Gasteiger partial charge in [0.1, 0.15) is 23.7 Å². The topological polar surface area (TPSA) is 66.8 Å². The zero-order chi connectivity index (χ0) is 25.9. The number of nitrogens with zero attached hydrogens (tertiary/aromatic N) is 1. The van der Waals surface area contributed by atoms with Crippen LogP contribution in [0.5, 0.6) is 5.75 Å². The predicted molar refractivity (Wildman–Crippen MR) is 137 cm³/mol. The van der Waals surface area contributed by atoms with Crippen molar-refractivity contribution in [2.75, 3.05) is 6.54 Å². The number of hydrogen-bond acceptors (Lipinski definition) is 3. The van der Waals surface area contributed by atoms with Crippen LogP contribution < -0.4 is 4.74 Å². The van der Waals surface area contributed by atoms with Crippen LogP contribution in [0.15, 0.2) is 60.7 Å². The van der Waals surface area contributed by atoms with Crippen LogP contribution in [-0.2, 0) is 35.4 Å². The molecule has 0 aliphatic carbocycles. The van der Waals surface area contributed by atoms with E-state index in [4.69, 9.17) is 27.9 Å². The van der Waals surface area contributed by atoms with Crippen molar-refractivity contribution in [2.24, 2.45) is 0 Å². The van der Waals surface area contributed by atoms with E-state index in [-0.39, 0.29) is 29.5 Å². The summed E-state index contributed by atoms with van der Waals surface area (Å²) in [5.41, 5.74) is 3.30. The van der Waals surface area contributed by atoms with Crippen LogP contribution in [-0.4, -0.2) is 34.0 Å². The molecule has 0 spiro atoms. The van der Waals surface area contributed by atoms with E-state index in [1.807, 2.05) is 42.5 Å². The number of carboxylic acids is 1. The lowest BCUT2D eigenvalue weighted by molar-refractivity contribution is -0.144. The fraction of sp³-hybridized carbons (Fsp3) is 0.286. The average molecular weight is 530 g/mol. The molecule has 3 aromatic rings. The normalized spacial score (nSPS) is 16.3. The molecule has 3 aromatic carbocycles. The number of carbonyl (C=O) groups excluding carboxylic acids is 1. The lowest BCUT2D eigenvalue weighted by Gasteiger charge is -2.24. The van der Waals surface area contributed by atoms with Crippen LogP contribution in [0.3, 0.4) is 0 Å². The van der Waals surface area contributed by atoms with E-state index in [1.165, 1.54) is 17.0 Å². The summed E-state index contributed by atoms with van der Waals surface area (Å²) >= 11 is 12.1. The predicted octanol–water partition coefficient (Wildman–Crippen LogP) is 6.11. The summed E-state index contributed by atoms with van der Waals surface area (Å²) in [6.07, 6.45) is 2.06. The largest absolute Gasteiger partial charge is 0.487 e. The van der Waals surface area contributed by atoms with E-state index >= 15 is 0 Å². The molecule has 188 valence electrons. The second-order valence-electron chi connectivity index (χ2n) is 9.35. The summed E-state index contributed by atoms with van der Waals surface area (Å²) < 4.78 is 19.6. The fourth-order valence-electron chi connectivity index (χ4n) is 4.52. The zero-order valence-corrected chi connectivity index (χ0v) is 21.3. The highest BCUT2D eigenvalue weighted by molar-refractivity contribution is 6.31. The third-order valence-corrected chi connectivity index (χ3v) is 6.82. The van der Waals surface area contributed by atoms with E-state index in [0.717, 1.165) is 41.3 Å². The number of rotatable bonds is 9. The summed E-state index contributed by atoms with van der Waals surface area (Å²) in [4.78, 5) is 25.5. The van der Waals surface area contributed by atoms with Crippen LogP contribution in [0.25, 0.3) is 0 Å². The monoisotopic (exact) mass is 529 g/mol. The van der Waals surface area contributed by atoms with E-state index in [2.05, 4.69) is 6.92 Å². The number of amides is 1. The Morgan fingerprint density at radius 3 is 2.47 bits per heavy atom. The second kappa shape index (κ2) is 10.9. The first-order valence-electron chi connectivity index (χ1n) is 11.6. The third kappa shape index (κ3) is 6.56. The molecule has 0 fully saturated rings. The highest BCUT2D eigenvalue weighted by atomic mass is 35.5. The van der Waals surface area contributed by atoms with Gasteiger partial charge in [0.05, 0.1) is 0 Å². The van der Waals surface area contributed by atoms with Gasteiger partial charge in [-0.25, -0.2) is 4.39 Å². The summed E-state index contributed by atoms with van der Waals surface area (Å²) in [6.45, 7) is 1.61. The number of fused-ring (bicyclic) bond motifs is 1. The first kappa shape index (κ1) is 26.0. The Morgan fingerprint density at radius 2 is 1.78 bits per heavy atom. The van der Waals surface area contributed by atoms with Gasteiger partial charge in [0, 0.05) is 35.9 Å². The fourth-order valence-corrected chi connectivity index (χ4v) is 4.88. The Morgan fingerprint density at radius 1 is 1.06 bits per heavy atom. The first-order chi connectivity index (χ1) is 17.1. The average Bonchev–Trinajstić information content (AvgIpc) is 3.15. The second-order valence-corrected chi connectivity index (χ2v) is 10.2. The van der Waals surface area contributed by atoms with E-state index in [0.29, 0.717) is 17.0 Å². The maximum absolute atomic E-state index is 13.4. The summed E-state index contributed by atoms with van der Waals surface area (Å²) in [7, 11) is 0. The molecule has 1 N–H and O–H groups in total. The maximum Gasteiger partial charge on any atom is 0.323 e. The van der Waals surface area contributed by atoms with E-state index in [1.54, 1.807) is 0 Å². The van der Waals surface area contributed by atoms with Crippen LogP contribution in [0.2, 0.25) is 10.0 Å². The van der Waals surface area contributed by atoms with Crippen molar-refractivity contribution in [2.45, 2.75) is 44.8 Å². The molecule has 0 unspecified atom stereocenters. The molecule has 1 aliphatic heterocycles. The van der Waals surface area contributed by atoms with Crippen LogP contribution in [0.1, 0.15) is 35.6 Å². The molecule has 0 bridgehead atoms. The lowest BCUT2D eigenvalue weighted by Crippen LogP contribution is -2.35. The number of carbonyl (C=O) groups is 2. The molecule has 1 heterocycles. The molecule has 0 radical (unpaired) electrons. The smallest absolute Gasteiger partial charge is 0.323 e. The molecule has 0 saturated heterocycles. The minimum Gasteiger partial charge on any atom is -0.487 e. The quantitative estimate of drug-likeness (QED) is 0.362.